The summed E-state index contributed by atoms with van der Waals surface area (Å²) in [7, 11) is 0. The predicted octanol–water partition coefficient (Wildman–Crippen LogP) is 2.61. The van der Waals surface area contributed by atoms with Crippen LogP contribution in [0.2, 0.25) is 0 Å². The van der Waals surface area contributed by atoms with E-state index in [2.05, 4.69) is 17.9 Å². The number of halogens is 1. The van der Waals surface area contributed by atoms with Crippen molar-refractivity contribution < 1.29 is 19.1 Å². The monoisotopic (exact) mass is 319 g/mol. The SMILES string of the molecule is O=C(N[C@@H](CS)C(=O)O)c1c(F)cccc1-c1ccccc1. The molecule has 0 aliphatic carbocycles. The number of carbonyl (C=O) groups is 2. The third-order valence-corrected chi connectivity index (χ3v) is 3.48. The average Bonchev–Trinajstić information content (AvgIpc) is 2.52. The molecule has 0 spiro atoms. The van der Waals surface area contributed by atoms with E-state index in [1.165, 1.54) is 6.07 Å². The highest BCUT2D eigenvalue weighted by molar-refractivity contribution is 7.80. The highest BCUT2D eigenvalue weighted by atomic mass is 32.1. The molecule has 0 aromatic heterocycles. The van der Waals surface area contributed by atoms with Crippen molar-refractivity contribution in [3.05, 3.63) is 59.9 Å². The minimum Gasteiger partial charge on any atom is -0.480 e. The summed E-state index contributed by atoms with van der Waals surface area (Å²) in [5, 5.41) is 11.2. The maximum Gasteiger partial charge on any atom is 0.327 e. The van der Waals surface area contributed by atoms with Crippen molar-refractivity contribution in [3.63, 3.8) is 0 Å². The van der Waals surface area contributed by atoms with Gasteiger partial charge in [0.25, 0.3) is 5.91 Å². The van der Waals surface area contributed by atoms with E-state index in [0.29, 0.717) is 11.1 Å². The van der Waals surface area contributed by atoms with E-state index in [9.17, 15) is 14.0 Å². The van der Waals surface area contributed by atoms with Crippen molar-refractivity contribution in [2.75, 3.05) is 5.75 Å². The Morgan fingerprint density at radius 2 is 1.82 bits per heavy atom. The van der Waals surface area contributed by atoms with Gasteiger partial charge in [0, 0.05) is 5.75 Å². The molecule has 6 heteroatoms. The summed E-state index contributed by atoms with van der Waals surface area (Å²) >= 11 is 3.87. The highest BCUT2D eigenvalue weighted by Gasteiger charge is 2.23. The zero-order chi connectivity index (χ0) is 16.1. The molecule has 0 aliphatic rings. The molecule has 0 unspecified atom stereocenters. The minimum atomic E-state index is -1.22. The van der Waals surface area contributed by atoms with E-state index in [1.54, 1.807) is 30.3 Å². The van der Waals surface area contributed by atoms with Gasteiger partial charge in [-0.3, -0.25) is 4.79 Å². The first-order valence-electron chi connectivity index (χ1n) is 6.53. The van der Waals surface area contributed by atoms with Gasteiger partial charge >= 0.3 is 5.97 Å². The topological polar surface area (TPSA) is 66.4 Å². The van der Waals surface area contributed by atoms with Crippen LogP contribution >= 0.6 is 12.6 Å². The number of hydrogen-bond donors (Lipinski definition) is 3. The predicted molar refractivity (Wildman–Crippen MR) is 84.6 cm³/mol. The zero-order valence-electron chi connectivity index (χ0n) is 11.5. The van der Waals surface area contributed by atoms with Gasteiger partial charge in [0.1, 0.15) is 11.9 Å². The Kier molecular flexibility index (Phi) is 5.16. The Morgan fingerprint density at radius 1 is 1.14 bits per heavy atom. The van der Waals surface area contributed by atoms with Gasteiger partial charge in [0.15, 0.2) is 0 Å². The van der Waals surface area contributed by atoms with Gasteiger partial charge in [0.2, 0.25) is 0 Å². The maximum atomic E-state index is 14.1. The van der Waals surface area contributed by atoms with Gasteiger partial charge in [-0.15, -0.1) is 0 Å². The normalized spacial score (nSPS) is 11.7. The number of amides is 1. The number of carbonyl (C=O) groups excluding carboxylic acids is 1. The summed E-state index contributed by atoms with van der Waals surface area (Å²) in [4.78, 5) is 23.3. The fourth-order valence-corrected chi connectivity index (χ4v) is 2.28. The largest absolute Gasteiger partial charge is 0.480 e. The number of carboxylic acid groups (broad SMARTS) is 1. The number of thiol groups is 1. The fourth-order valence-electron chi connectivity index (χ4n) is 2.03. The quantitative estimate of drug-likeness (QED) is 0.742. The van der Waals surface area contributed by atoms with Crippen LogP contribution in [-0.2, 0) is 4.79 Å². The smallest absolute Gasteiger partial charge is 0.327 e. The molecule has 2 aromatic rings. The van der Waals surface area contributed by atoms with E-state index in [0.717, 1.165) is 6.07 Å². The molecule has 0 fully saturated rings. The molecule has 114 valence electrons. The van der Waals surface area contributed by atoms with Crippen LogP contribution < -0.4 is 5.32 Å². The van der Waals surface area contributed by atoms with Gasteiger partial charge < -0.3 is 10.4 Å². The van der Waals surface area contributed by atoms with E-state index >= 15 is 0 Å². The van der Waals surface area contributed by atoms with Crippen molar-refractivity contribution in [3.8, 4) is 11.1 Å². The van der Waals surface area contributed by atoms with E-state index in [4.69, 9.17) is 5.11 Å². The second-order valence-electron chi connectivity index (χ2n) is 4.58. The van der Waals surface area contributed by atoms with Gasteiger partial charge in [-0.25, -0.2) is 9.18 Å². The number of hydrogen-bond acceptors (Lipinski definition) is 3. The van der Waals surface area contributed by atoms with Gasteiger partial charge in [0.05, 0.1) is 5.56 Å². The number of carboxylic acids is 1. The third kappa shape index (κ3) is 3.46. The van der Waals surface area contributed by atoms with Crippen molar-refractivity contribution >= 4 is 24.5 Å². The Hall–Kier alpha value is -2.34. The number of rotatable bonds is 5. The maximum absolute atomic E-state index is 14.1. The van der Waals surface area contributed by atoms with E-state index in [-0.39, 0.29) is 11.3 Å². The molecule has 0 saturated carbocycles. The lowest BCUT2D eigenvalue weighted by molar-refractivity contribution is -0.138. The number of benzene rings is 2. The third-order valence-electron chi connectivity index (χ3n) is 3.11. The standard InChI is InChI=1S/C16H14FNO3S/c17-12-8-4-7-11(10-5-2-1-3-6-10)14(12)15(19)18-13(9-22)16(20)21/h1-8,13,22H,9H2,(H,18,19)(H,20,21)/t13-/m0/s1. The van der Waals surface area contributed by atoms with Crippen LogP contribution in [0.4, 0.5) is 4.39 Å². The second-order valence-corrected chi connectivity index (χ2v) is 4.94. The molecule has 0 saturated heterocycles. The summed E-state index contributed by atoms with van der Waals surface area (Å²) in [5.74, 6) is -2.79. The molecule has 0 radical (unpaired) electrons. The van der Waals surface area contributed by atoms with Crippen LogP contribution in [0.1, 0.15) is 10.4 Å². The summed E-state index contributed by atoms with van der Waals surface area (Å²) < 4.78 is 14.1. The van der Waals surface area contributed by atoms with Crippen molar-refractivity contribution in [1.29, 1.82) is 0 Å². The lowest BCUT2D eigenvalue weighted by atomic mass is 9.98. The molecule has 2 N–H and O–H groups in total. The molecule has 2 aromatic carbocycles. The first-order valence-corrected chi connectivity index (χ1v) is 7.16. The second kappa shape index (κ2) is 7.09. The van der Waals surface area contributed by atoms with Gasteiger partial charge in [-0.1, -0.05) is 42.5 Å². The molecular formula is C16H14FNO3S. The first kappa shape index (κ1) is 16.0. The van der Waals surface area contributed by atoms with Crippen molar-refractivity contribution in [1.82, 2.24) is 5.32 Å². The molecular weight excluding hydrogens is 305 g/mol. The summed E-state index contributed by atoms with van der Waals surface area (Å²) in [6, 6.07) is 12.0. The van der Waals surface area contributed by atoms with Crippen LogP contribution in [0.25, 0.3) is 11.1 Å². The lowest BCUT2D eigenvalue weighted by Crippen LogP contribution is -2.42. The molecule has 0 heterocycles. The Bertz CT molecular complexity index is 691. The summed E-state index contributed by atoms with van der Waals surface area (Å²) in [6.45, 7) is 0. The molecule has 0 aliphatic heterocycles. The fraction of sp³-hybridized carbons (Fsp3) is 0.125. The zero-order valence-corrected chi connectivity index (χ0v) is 12.4. The Balaban J connectivity index is 2.42. The summed E-state index contributed by atoms with van der Waals surface area (Å²) in [5.41, 5.74) is 0.896. The highest BCUT2D eigenvalue weighted by Crippen LogP contribution is 2.25. The van der Waals surface area contributed by atoms with Crippen molar-refractivity contribution in [2.45, 2.75) is 6.04 Å². The average molecular weight is 319 g/mol. The first-order chi connectivity index (χ1) is 10.5. The van der Waals surface area contributed by atoms with Crippen LogP contribution in [0.5, 0.6) is 0 Å². The molecule has 0 bridgehead atoms. The van der Waals surface area contributed by atoms with Crippen LogP contribution in [0.15, 0.2) is 48.5 Å². The number of aliphatic carboxylic acids is 1. The molecule has 1 amide bonds. The Morgan fingerprint density at radius 3 is 2.41 bits per heavy atom. The van der Waals surface area contributed by atoms with Gasteiger partial charge in [-0.2, -0.15) is 12.6 Å². The van der Waals surface area contributed by atoms with Crippen LogP contribution in [-0.4, -0.2) is 28.8 Å². The summed E-state index contributed by atoms with van der Waals surface area (Å²) in [6.07, 6.45) is 0. The molecule has 22 heavy (non-hydrogen) atoms. The number of nitrogens with one attached hydrogen (secondary N) is 1. The lowest BCUT2D eigenvalue weighted by Gasteiger charge is -2.15. The molecule has 4 nitrogen and oxygen atoms in total. The Labute approximate surface area is 132 Å². The van der Waals surface area contributed by atoms with E-state index in [1.807, 2.05) is 6.07 Å². The minimum absolute atomic E-state index is 0.0871. The molecule has 2 rings (SSSR count). The molecule has 1 atom stereocenters. The van der Waals surface area contributed by atoms with E-state index < -0.39 is 23.7 Å². The van der Waals surface area contributed by atoms with Crippen LogP contribution in [0, 0.1) is 5.82 Å². The van der Waals surface area contributed by atoms with Gasteiger partial charge in [-0.05, 0) is 17.2 Å². The van der Waals surface area contributed by atoms with Crippen molar-refractivity contribution in [2.24, 2.45) is 0 Å². The van der Waals surface area contributed by atoms with Crippen LogP contribution in [0.3, 0.4) is 0 Å².